The molecule has 2 aromatic carbocycles. The molecule has 2 heterocycles. The van der Waals surface area contributed by atoms with Crippen molar-refractivity contribution in [3.8, 4) is 5.75 Å². The van der Waals surface area contributed by atoms with Crippen LogP contribution >= 0.6 is 0 Å². The van der Waals surface area contributed by atoms with Crippen LogP contribution in [0.4, 0.5) is 0 Å². The van der Waals surface area contributed by atoms with Crippen LogP contribution < -0.4 is 10.1 Å². The third-order valence-electron chi connectivity index (χ3n) is 7.25. The minimum atomic E-state index is -0.955. The lowest BCUT2D eigenvalue weighted by molar-refractivity contribution is -0.150. The van der Waals surface area contributed by atoms with E-state index in [0.717, 1.165) is 5.56 Å². The first kappa shape index (κ1) is 26.7. The SMILES string of the molecule is COc1ccc(C(=O)N2[C@@H](C(=O)N[C@H](C)c3ccccc3)COC23CCN(C(=O)C(C)(C)C)CC3)cc1. The van der Waals surface area contributed by atoms with Gasteiger partial charge in [-0.25, -0.2) is 0 Å². The number of methoxy groups -OCH3 is 1. The van der Waals surface area contributed by atoms with Gasteiger partial charge in [-0.05, 0) is 36.8 Å². The standard InChI is InChI=1S/C29H37N3O5/c1-20(21-9-7-6-8-10-21)30-25(33)24-19-37-29(15-17-31(18-16-29)27(35)28(2,3)4)32(24)26(34)22-11-13-23(36-5)14-12-22/h6-14,20,24H,15-19H2,1-5H3,(H,30,33)/t20-,24-/m1/s1. The highest BCUT2D eigenvalue weighted by atomic mass is 16.5. The van der Waals surface area contributed by atoms with Gasteiger partial charge >= 0.3 is 0 Å². The maximum absolute atomic E-state index is 13.9. The summed E-state index contributed by atoms with van der Waals surface area (Å²) < 4.78 is 11.5. The first-order chi connectivity index (χ1) is 17.6. The third-order valence-corrected chi connectivity index (χ3v) is 7.25. The van der Waals surface area contributed by atoms with Crippen LogP contribution in [0.1, 0.15) is 62.5 Å². The Bertz CT molecular complexity index is 1120. The van der Waals surface area contributed by atoms with E-state index in [4.69, 9.17) is 9.47 Å². The van der Waals surface area contributed by atoms with E-state index < -0.39 is 17.2 Å². The van der Waals surface area contributed by atoms with Gasteiger partial charge in [0.25, 0.3) is 5.91 Å². The van der Waals surface area contributed by atoms with E-state index in [1.807, 2.05) is 62.9 Å². The molecule has 2 aromatic rings. The van der Waals surface area contributed by atoms with Gasteiger partial charge in [-0.2, -0.15) is 0 Å². The van der Waals surface area contributed by atoms with Crippen LogP contribution in [0.2, 0.25) is 0 Å². The molecule has 2 fully saturated rings. The highest BCUT2D eigenvalue weighted by Crippen LogP contribution is 2.39. The second kappa shape index (κ2) is 10.5. The van der Waals surface area contributed by atoms with Crippen molar-refractivity contribution in [1.29, 1.82) is 0 Å². The van der Waals surface area contributed by atoms with Gasteiger partial charge in [0.2, 0.25) is 11.8 Å². The van der Waals surface area contributed by atoms with Crippen LogP contribution in [0, 0.1) is 5.41 Å². The molecule has 0 saturated carbocycles. The van der Waals surface area contributed by atoms with Crippen LogP contribution in [-0.4, -0.2) is 66.1 Å². The van der Waals surface area contributed by atoms with Gasteiger partial charge in [0.1, 0.15) is 17.5 Å². The van der Waals surface area contributed by atoms with Gasteiger partial charge in [-0.15, -0.1) is 0 Å². The summed E-state index contributed by atoms with van der Waals surface area (Å²) in [5.74, 6) is 0.176. The number of piperidine rings is 1. The van der Waals surface area contributed by atoms with Gasteiger partial charge < -0.3 is 19.7 Å². The van der Waals surface area contributed by atoms with Gasteiger partial charge in [-0.1, -0.05) is 51.1 Å². The lowest BCUT2D eigenvalue weighted by atomic mass is 9.91. The number of ether oxygens (including phenoxy) is 2. The molecule has 37 heavy (non-hydrogen) atoms. The lowest BCUT2D eigenvalue weighted by Crippen LogP contribution is -2.60. The first-order valence-electron chi connectivity index (χ1n) is 12.8. The molecule has 8 heteroatoms. The molecule has 3 amide bonds. The molecule has 2 aliphatic rings. The number of nitrogens with zero attached hydrogens (tertiary/aromatic N) is 2. The number of hydrogen-bond acceptors (Lipinski definition) is 5. The van der Waals surface area contributed by atoms with E-state index in [1.54, 1.807) is 36.3 Å². The van der Waals surface area contributed by atoms with E-state index in [2.05, 4.69) is 5.32 Å². The highest BCUT2D eigenvalue weighted by molar-refractivity contribution is 5.98. The van der Waals surface area contributed by atoms with E-state index >= 15 is 0 Å². The number of likely N-dealkylation sites (tertiary alicyclic amines) is 1. The summed E-state index contributed by atoms with van der Waals surface area (Å²) in [5, 5.41) is 3.06. The van der Waals surface area contributed by atoms with Crippen molar-refractivity contribution in [3.63, 3.8) is 0 Å². The molecule has 2 aliphatic heterocycles. The van der Waals surface area contributed by atoms with Crippen molar-refractivity contribution < 1.29 is 23.9 Å². The number of nitrogens with one attached hydrogen (secondary N) is 1. The van der Waals surface area contributed by atoms with Crippen molar-refractivity contribution in [1.82, 2.24) is 15.1 Å². The third kappa shape index (κ3) is 5.49. The monoisotopic (exact) mass is 507 g/mol. The zero-order valence-electron chi connectivity index (χ0n) is 22.3. The number of carbonyl (C=O) groups is 3. The fraction of sp³-hybridized carbons (Fsp3) is 0.483. The fourth-order valence-electron chi connectivity index (χ4n) is 5.11. The van der Waals surface area contributed by atoms with Gasteiger partial charge in [0, 0.05) is 36.9 Å². The molecular weight excluding hydrogens is 470 g/mol. The fourth-order valence-corrected chi connectivity index (χ4v) is 5.11. The minimum Gasteiger partial charge on any atom is -0.497 e. The lowest BCUT2D eigenvalue weighted by Gasteiger charge is -2.45. The molecule has 2 saturated heterocycles. The molecule has 0 radical (unpaired) electrons. The smallest absolute Gasteiger partial charge is 0.256 e. The summed E-state index contributed by atoms with van der Waals surface area (Å²) in [7, 11) is 1.57. The number of rotatable bonds is 5. The van der Waals surface area contributed by atoms with Crippen LogP contribution in [0.5, 0.6) is 5.75 Å². The average Bonchev–Trinajstić information content (AvgIpc) is 3.26. The van der Waals surface area contributed by atoms with Crippen molar-refractivity contribution >= 4 is 17.7 Å². The zero-order valence-corrected chi connectivity index (χ0v) is 22.3. The molecule has 1 N–H and O–H groups in total. The number of benzene rings is 2. The molecule has 0 aromatic heterocycles. The van der Waals surface area contributed by atoms with Crippen molar-refractivity contribution in [2.75, 3.05) is 26.8 Å². The molecule has 0 bridgehead atoms. The van der Waals surface area contributed by atoms with Gasteiger partial charge in [0.15, 0.2) is 0 Å². The van der Waals surface area contributed by atoms with Crippen LogP contribution in [0.15, 0.2) is 54.6 Å². The first-order valence-corrected chi connectivity index (χ1v) is 12.8. The Labute approximate surface area is 218 Å². The maximum Gasteiger partial charge on any atom is 0.256 e. The minimum absolute atomic E-state index is 0.0688. The quantitative estimate of drug-likeness (QED) is 0.666. The topological polar surface area (TPSA) is 88.2 Å². The number of hydrogen-bond donors (Lipinski definition) is 1. The largest absolute Gasteiger partial charge is 0.497 e. The van der Waals surface area contributed by atoms with Crippen molar-refractivity contribution in [2.45, 2.75) is 58.3 Å². The Morgan fingerprint density at radius 1 is 1.03 bits per heavy atom. The predicted octanol–water partition coefficient (Wildman–Crippen LogP) is 3.78. The van der Waals surface area contributed by atoms with Crippen molar-refractivity contribution in [3.05, 3.63) is 65.7 Å². The summed E-state index contributed by atoms with van der Waals surface area (Å²) in [4.78, 5) is 43.8. The summed E-state index contributed by atoms with van der Waals surface area (Å²) in [6.07, 6.45) is 0.878. The van der Waals surface area contributed by atoms with Crippen LogP contribution in [-0.2, 0) is 14.3 Å². The van der Waals surface area contributed by atoms with Gasteiger partial charge in [-0.3, -0.25) is 19.3 Å². The Morgan fingerprint density at radius 2 is 1.65 bits per heavy atom. The normalized spacial score (nSPS) is 20.0. The van der Waals surface area contributed by atoms with E-state index in [1.165, 1.54) is 0 Å². The number of amides is 3. The van der Waals surface area contributed by atoms with Crippen LogP contribution in [0.3, 0.4) is 0 Å². The average molecular weight is 508 g/mol. The molecule has 8 nitrogen and oxygen atoms in total. The summed E-state index contributed by atoms with van der Waals surface area (Å²) >= 11 is 0. The highest BCUT2D eigenvalue weighted by Gasteiger charge is 2.54. The molecule has 198 valence electrons. The molecule has 0 aliphatic carbocycles. The Hall–Kier alpha value is -3.39. The molecule has 2 atom stereocenters. The second-order valence-electron chi connectivity index (χ2n) is 10.9. The molecular formula is C29H37N3O5. The Morgan fingerprint density at radius 3 is 2.22 bits per heavy atom. The summed E-state index contributed by atoms with van der Waals surface area (Å²) in [5.41, 5.74) is -0.0152. The molecule has 1 spiro atoms. The van der Waals surface area contributed by atoms with Crippen molar-refractivity contribution in [2.24, 2.45) is 5.41 Å². The maximum atomic E-state index is 13.9. The van der Waals surface area contributed by atoms with Crippen LogP contribution in [0.25, 0.3) is 0 Å². The van der Waals surface area contributed by atoms with E-state index in [-0.39, 0.29) is 30.4 Å². The summed E-state index contributed by atoms with van der Waals surface area (Å²) in [6.45, 7) is 8.64. The molecule has 0 unspecified atom stereocenters. The predicted molar refractivity (Wildman–Crippen MR) is 140 cm³/mol. The molecule has 4 rings (SSSR count). The summed E-state index contributed by atoms with van der Waals surface area (Å²) in [6, 6.07) is 15.6. The van der Waals surface area contributed by atoms with Gasteiger partial charge in [0.05, 0.1) is 19.8 Å². The van der Waals surface area contributed by atoms with E-state index in [0.29, 0.717) is 37.2 Å². The second-order valence-corrected chi connectivity index (χ2v) is 10.9. The Kier molecular flexibility index (Phi) is 7.59. The number of carbonyl (C=O) groups excluding carboxylic acids is 3. The Balaban J connectivity index is 1.59. The zero-order chi connectivity index (χ0) is 26.8. The van der Waals surface area contributed by atoms with E-state index in [9.17, 15) is 14.4 Å².